The van der Waals surface area contributed by atoms with Crippen molar-refractivity contribution in [3.05, 3.63) is 0 Å². The normalized spacial score (nSPS) is 16.3. The van der Waals surface area contributed by atoms with E-state index in [-0.39, 0.29) is 12.3 Å². The zero-order valence-electron chi connectivity index (χ0n) is 29.2. The SMILES string of the molecule is CC(C)C[C@H](NC(=O)[C@H](CC(N)=O)NC(=O)[C@H](CO)NC(=O)[C@@H](NC(=O)[C@@H](N)[C@@H](C)O)[C@@H](C)O)C(=O)N[C@@H](CCC(N)=O)C(=O)N[C@@H](CO)C(=O)O. The summed E-state index contributed by atoms with van der Waals surface area (Å²) in [6, 6.07) is -11.7. The second kappa shape index (κ2) is 22.8. The van der Waals surface area contributed by atoms with E-state index in [1.807, 2.05) is 5.32 Å². The van der Waals surface area contributed by atoms with Gasteiger partial charge in [0.05, 0.1) is 31.8 Å². The third-order valence-corrected chi connectivity index (χ3v) is 7.19. The Balaban J connectivity index is 6.13. The molecule has 0 aliphatic carbocycles. The molecule has 0 spiro atoms. The Morgan fingerprint density at radius 1 is 0.558 bits per heavy atom. The molecule has 8 amide bonds. The summed E-state index contributed by atoms with van der Waals surface area (Å²) in [5.41, 5.74) is 15.9. The molecule has 0 aromatic rings. The molecule has 0 saturated carbocycles. The largest absolute Gasteiger partial charge is 0.480 e. The summed E-state index contributed by atoms with van der Waals surface area (Å²) in [6.45, 7) is 3.51. The Morgan fingerprint density at radius 3 is 1.44 bits per heavy atom. The summed E-state index contributed by atoms with van der Waals surface area (Å²) in [6.07, 6.45) is -4.71. The van der Waals surface area contributed by atoms with Crippen molar-refractivity contribution in [3.63, 3.8) is 0 Å². The molecule has 0 heterocycles. The molecule has 0 radical (unpaired) electrons. The van der Waals surface area contributed by atoms with Crippen LogP contribution in [0.1, 0.15) is 53.4 Å². The van der Waals surface area contributed by atoms with Gasteiger partial charge in [0, 0.05) is 6.42 Å². The first-order valence-corrected chi connectivity index (χ1v) is 16.0. The number of aliphatic carboxylic acids is 1. The standard InChI is InChI=1S/C29H51N9O14/c1-11(2)7-15(24(46)33-14(5-6-19(30)43)23(45)37-18(10-40)29(51)52)34-25(47)16(8-20(31)44)35-26(48)17(9-39)36-28(50)22(13(4)42)38-27(49)21(32)12(3)41/h11-18,21-22,39-42H,5-10,32H2,1-4H3,(H2,30,43)(H2,31,44)(H,33,46)(H,34,47)(H,35,48)(H,36,50)(H,37,45)(H,38,49)(H,51,52)/t12-,13-,14+,15+,16+,17+,18+,21+,22+/m1/s1. The van der Waals surface area contributed by atoms with Crippen LogP contribution < -0.4 is 49.1 Å². The number of nitrogens with two attached hydrogens (primary N) is 3. The molecule has 0 unspecified atom stereocenters. The Morgan fingerprint density at radius 2 is 1.00 bits per heavy atom. The lowest BCUT2D eigenvalue weighted by atomic mass is 10.0. The first kappa shape index (κ1) is 47.0. The van der Waals surface area contributed by atoms with E-state index in [2.05, 4.69) is 26.6 Å². The molecule has 23 heteroatoms. The second-order valence-electron chi connectivity index (χ2n) is 12.3. The van der Waals surface area contributed by atoms with Crippen LogP contribution in [0.3, 0.4) is 0 Å². The number of rotatable bonds is 24. The first-order chi connectivity index (χ1) is 24.0. The number of carbonyl (C=O) groups excluding carboxylic acids is 8. The Kier molecular flexibility index (Phi) is 20.6. The molecule has 0 aliphatic heterocycles. The molecule has 23 nitrogen and oxygen atoms in total. The van der Waals surface area contributed by atoms with Crippen molar-refractivity contribution in [3.8, 4) is 0 Å². The van der Waals surface area contributed by atoms with E-state index in [1.54, 1.807) is 13.8 Å². The third-order valence-electron chi connectivity index (χ3n) is 7.19. The highest BCUT2D eigenvalue weighted by atomic mass is 16.4. The van der Waals surface area contributed by atoms with Crippen LogP contribution in [-0.4, -0.2) is 146 Å². The van der Waals surface area contributed by atoms with Gasteiger partial charge in [0.25, 0.3) is 0 Å². The quantitative estimate of drug-likeness (QED) is 0.0436. The smallest absolute Gasteiger partial charge is 0.328 e. The summed E-state index contributed by atoms with van der Waals surface area (Å²) in [4.78, 5) is 112. The maximum absolute atomic E-state index is 13.4. The van der Waals surface area contributed by atoms with Crippen LogP contribution in [0.5, 0.6) is 0 Å². The van der Waals surface area contributed by atoms with E-state index in [4.69, 9.17) is 22.3 Å². The highest BCUT2D eigenvalue weighted by molar-refractivity contribution is 5.98. The van der Waals surface area contributed by atoms with Crippen LogP contribution in [0.15, 0.2) is 0 Å². The highest BCUT2D eigenvalue weighted by Gasteiger charge is 2.35. The molecule has 0 aromatic heterocycles. The van der Waals surface area contributed by atoms with Crippen LogP contribution in [-0.2, 0) is 43.2 Å². The van der Waals surface area contributed by atoms with E-state index in [1.165, 1.54) is 6.92 Å². The van der Waals surface area contributed by atoms with Gasteiger partial charge in [-0.25, -0.2) is 4.79 Å². The molecule has 0 bridgehead atoms. The topological polar surface area (TPSA) is 405 Å². The predicted octanol–water partition coefficient (Wildman–Crippen LogP) is -7.76. The Hall–Kier alpha value is -4.97. The Labute approximate surface area is 298 Å². The van der Waals surface area contributed by atoms with E-state index in [9.17, 15) is 63.6 Å². The lowest BCUT2D eigenvalue weighted by Gasteiger charge is -2.28. The fraction of sp³-hybridized carbons (Fsp3) is 0.690. The van der Waals surface area contributed by atoms with Crippen molar-refractivity contribution in [2.24, 2.45) is 23.1 Å². The van der Waals surface area contributed by atoms with Gasteiger partial charge >= 0.3 is 5.97 Å². The van der Waals surface area contributed by atoms with Crippen LogP contribution >= 0.6 is 0 Å². The van der Waals surface area contributed by atoms with Crippen molar-refractivity contribution in [2.45, 2.75) is 108 Å². The maximum Gasteiger partial charge on any atom is 0.328 e. The average molecular weight is 750 g/mol. The number of amides is 8. The van der Waals surface area contributed by atoms with Gasteiger partial charge in [-0.3, -0.25) is 38.4 Å². The number of carboxylic acid groups (broad SMARTS) is 1. The van der Waals surface area contributed by atoms with Crippen LogP contribution in [0.25, 0.3) is 0 Å². The average Bonchev–Trinajstić information content (AvgIpc) is 3.04. The molecule has 9 atom stereocenters. The summed E-state index contributed by atoms with van der Waals surface area (Å²) in [7, 11) is 0. The first-order valence-electron chi connectivity index (χ1n) is 16.0. The number of nitrogens with one attached hydrogen (secondary N) is 6. The van der Waals surface area contributed by atoms with Crippen molar-refractivity contribution in [1.82, 2.24) is 31.9 Å². The molecular weight excluding hydrogens is 698 g/mol. The minimum Gasteiger partial charge on any atom is -0.480 e. The molecule has 0 aromatic carbocycles. The van der Waals surface area contributed by atoms with Gasteiger partial charge in [-0.2, -0.15) is 0 Å². The van der Waals surface area contributed by atoms with Crippen LogP contribution in [0, 0.1) is 5.92 Å². The molecule has 0 saturated heterocycles. The number of hydrogen-bond donors (Lipinski definition) is 14. The third kappa shape index (κ3) is 16.8. The molecule has 0 fully saturated rings. The molecule has 17 N–H and O–H groups in total. The molecule has 0 rings (SSSR count). The summed E-state index contributed by atoms with van der Waals surface area (Å²) < 4.78 is 0. The zero-order chi connectivity index (χ0) is 40.5. The number of aliphatic hydroxyl groups excluding tert-OH is 4. The summed E-state index contributed by atoms with van der Waals surface area (Å²) in [5, 5.41) is 60.7. The molecular formula is C29H51N9O14. The van der Waals surface area contributed by atoms with Gasteiger partial charge in [-0.15, -0.1) is 0 Å². The molecule has 296 valence electrons. The molecule has 0 aliphatic rings. The second-order valence-corrected chi connectivity index (χ2v) is 12.3. The highest BCUT2D eigenvalue weighted by Crippen LogP contribution is 2.09. The van der Waals surface area contributed by atoms with Crippen molar-refractivity contribution in [2.75, 3.05) is 13.2 Å². The fourth-order valence-corrected chi connectivity index (χ4v) is 4.27. The lowest BCUT2D eigenvalue weighted by Crippen LogP contribution is -2.62. The van der Waals surface area contributed by atoms with Gasteiger partial charge in [0.15, 0.2) is 0 Å². The Bertz CT molecular complexity index is 1300. The fourth-order valence-electron chi connectivity index (χ4n) is 4.27. The van der Waals surface area contributed by atoms with Crippen molar-refractivity contribution in [1.29, 1.82) is 0 Å². The van der Waals surface area contributed by atoms with E-state index < -0.39 is 140 Å². The summed E-state index contributed by atoms with van der Waals surface area (Å²) in [5.74, 6) is -10.7. The minimum atomic E-state index is -1.84. The monoisotopic (exact) mass is 749 g/mol. The van der Waals surface area contributed by atoms with Crippen LogP contribution in [0.2, 0.25) is 0 Å². The van der Waals surface area contributed by atoms with Gasteiger partial charge in [-0.1, -0.05) is 13.8 Å². The number of carbonyl (C=O) groups is 9. The van der Waals surface area contributed by atoms with E-state index >= 15 is 0 Å². The number of aliphatic hydroxyl groups is 4. The zero-order valence-corrected chi connectivity index (χ0v) is 29.2. The molecule has 52 heavy (non-hydrogen) atoms. The lowest BCUT2D eigenvalue weighted by molar-refractivity contribution is -0.143. The van der Waals surface area contributed by atoms with E-state index in [0.717, 1.165) is 6.92 Å². The van der Waals surface area contributed by atoms with Gasteiger partial charge in [0.1, 0.15) is 42.3 Å². The van der Waals surface area contributed by atoms with Crippen molar-refractivity contribution < 1.29 is 68.7 Å². The number of primary amides is 2. The van der Waals surface area contributed by atoms with Crippen LogP contribution in [0.4, 0.5) is 0 Å². The van der Waals surface area contributed by atoms with Gasteiger partial charge in [-0.05, 0) is 32.6 Å². The number of hydrogen-bond acceptors (Lipinski definition) is 14. The van der Waals surface area contributed by atoms with Gasteiger partial charge in [0.2, 0.25) is 47.3 Å². The summed E-state index contributed by atoms with van der Waals surface area (Å²) >= 11 is 0. The van der Waals surface area contributed by atoms with Gasteiger partial charge < -0.3 is 74.6 Å². The predicted molar refractivity (Wildman–Crippen MR) is 176 cm³/mol. The minimum absolute atomic E-state index is 0.103. The van der Waals surface area contributed by atoms with Crippen molar-refractivity contribution >= 4 is 53.2 Å². The maximum atomic E-state index is 13.4. The van der Waals surface area contributed by atoms with E-state index in [0.29, 0.717) is 0 Å². The number of carboxylic acids is 1.